The van der Waals surface area contributed by atoms with Gasteiger partial charge < -0.3 is 30.7 Å². The Balaban J connectivity index is 1.59. The molecule has 0 aliphatic carbocycles. The smallest absolute Gasteiger partial charge is 0.162 e. The van der Waals surface area contributed by atoms with Gasteiger partial charge >= 0.3 is 0 Å². The number of benzene rings is 1. The van der Waals surface area contributed by atoms with E-state index in [9.17, 15) is 5.26 Å². The van der Waals surface area contributed by atoms with Crippen LogP contribution in [0.25, 0.3) is 0 Å². The van der Waals surface area contributed by atoms with Crippen LogP contribution in [0.3, 0.4) is 0 Å². The molecule has 2 aromatic heterocycles. The summed E-state index contributed by atoms with van der Waals surface area (Å²) in [4.78, 5) is 12.5. The van der Waals surface area contributed by atoms with Crippen LogP contribution in [0.1, 0.15) is 22.3 Å². The number of nitrogens with zero attached hydrogens (tertiary/aromatic N) is 5. The molecule has 1 saturated heterocycles. The molecule has 3 heterocycles. The molecule has 12 heteroatoms. The van der Waals surface area contributed by atoms with Crippen molar-refractivity contribution in [3.63, 3.8) is 0 Å². The van der Waals surface area contributed by atoms with E-state index in [1.165, 1.54) is 19.5 Å². The minimum absolute atomic E-state index is 0.0500. The van der Waals surface area contributed by atoms with E-state index in [1.807, 2.05) is 23.9 Å². The van der Waals surface area contributed by atoms with Crippen molar-refractivity contribution in [3.05, 3.63) is 69.1 Å². The number of anilines is 2. The Kier molecular flexibility index (Phi) is 7.94. The quantitative estimate of drug-likeness (QED) is 0.267. The van der Waals surface area contributed by atoms with Gasteiger partial charge in [0, 0.05) is 66.7 Å². The normalized spacial score (nSPS) is 14.1. The third-order valence-electron chi connectivity index (χ3n) is 6.15. The summed E-state index contributed by atoms with van der Waals surface area (Å²) in [6.07, 6.45) is 4.52. The van der Waals surface area contributed by atoms with Gasteiger partial charge in [-0.15, -0.1) is 0 Å². The van der Waals surface area contributed by atoms with Gasteiger partial charge in [0.2, 0.25) is 0 Å². The molecule has 0 atom stereocenters. The van der Waals surface area contributed by atoms with Crippen molar-refractivity contribution < 1.29 is 9.47 Å². The molecule has 0 saturated carbocycles. The molecule has 1 aliphatic heterocycles. The zero-order chi connectivity index (χ0) is 27.6. The first-order valence-corrected chi connectivity index (χ1v) is 12.4. The molecule has 4 rings (SSSR count). The molecule has 1 aromatic carbocycles. The van der Waals surface area contributed by atoms with Crippen LogP contribution in [0.2, 0.25) is 10.0 Å². The van der Waals surface area contributed by atoms with E-state index in [0.717, 1.165) is 6.54 Å². The molecular weight excluding hydrogens is 527 g/mol. The van der Waals surface area contributed by atoms with Crippen LogP contribution in [0.5, 0.6) is 11.5 Å². The van der Waals surface area contributed by atoms with Crippen molar-refractivity contribution >= 4 is 40.4 Å². The van der Waals surface area contributed by atoms with Crippen molar-refractivity contribution in [2.45, 2.75) is 12.1 Å². The monoisotopic (exact) mass is 554 g/mol. The Hall–Kier alpha value is -3.62. The highest BCUT2D eigenvalue weighted by Crippen LogP contribution is 2.35. The van der Waals surface area contributed by atoms with Gasteiger partial charge in [0.1, 0.15) is 18.5 Å². The first-order valence-electron chi connectivity index (χ1n) is 11.6. The highest BCUT2D eigenvalue weighted by atomic mass is 35.5. The summed E-state index contributed by atoms with van der Waals surface area (Å²) in [6, 6.07) is 7.01. The minimum Gasteiger partial charge on any atom is -0.493 e. The molecule has 0 amide bonds. The van der Waals surface area contributed by atoms with E-state index in [2.05, 4.69) is 16.0 Å². The molecule has 0 unspecified atom stereocenters. The van der Waals surface area contributed by atoms with Gasteiger partial charge in [-0.2, -0.15) is 5.26 Å². The number of rotatable bonds is 9. The molecule has 0 radical (unpaired) electrons. The van der Waals surface area contributed by atoms with Gasteiger partial charge in [-0.05, 0) is 26.2 Å². The molecule has 5 N–H and O–H groups in total. The molecule has 38 heavy (non-hydrogen) atoms. The van der Waals surface area contributed by atoms with Gasteiger partial charge in [-0.3, -0.25) is 10.4 Å². The van der Waals surface area contributed by atoms with Crippen LogP contribution in [-0.4, -0.2) is 67.0 Å². The van der Waals surface area contributed by atoms with Gasteiger partial charge in [-0.1, -0.05) is 23.2 Å². The number of nitrogen functional groups attached to an aromatic ring is 1. The number of halogens is 2. The minimum atomic E-state index is -0.359. The van der Waals surface area contributed by atoms with E-state index < -0.39 is 0 Å². The number of likely N-dealkylation sites (N-methyl/N-ethyl adjacent to an activating group) is 1. The molecule has 3 aromatic rings. The van der Waals surface area contributed by atoms with Crippen LogP contribution in [-0.2, 0) is 6.61 Å². The Labute approximate surface area is 231 Å². The van der Waals surface area contributed by atoms with E-state index in [-0.39, 0.29) is 17.9 Å². The first kappa shape index (κ1) is 27.4. The van der Waals surface area contributed by atoms with Crippen molar-refractivity contribution in [3.8, 4) is 17.6 Å². The SMILES string of the molecule is COc1cc(N)c(C(=N)c2cnc(N3CC(N)(CN(C)C)C3)c(C#N)c2)cc1OCc1c(Cl)cncc1Cl. The second kappa shape index (κ2) is 11.0. The summed E-state index contributed by atoms with van der Waals surface area (Å²) in [7, 11) is 5.44. The number of aromatic nitrogens is 2. The fraction of sp³-hybridized carbons (Fsp3) is 0.308. The van der Waals surface area contributed by atoms with E-state index in [1.54, 1.807) is 24.4 Å². The van der Waals surface area contributed by atoms with Crippen LogP contribution in [0, 0.1) is 16.7 Å². The third-order valence-corrected chi connectivity index (χ3v) is 6.80. The van der Waals surface area contributed by atoms with Crippen molar-refractivity contribution in [1.82, 2.24) is 14.9 Å². The maximum absolute atomic E-state index is 9.82. The summed E-state index contributed by atoms with van der Waals surface area (Å²) in [5.74, 6) is 1.27. The van der Waals surface area contributed by atoms with Gasteiger partial charge in [0.15, 0.2) is 11.5 Å². The van der Waals surface area contributed by atoms with Crippen molar-refractivity contribution in [2.75, 3.05) is 51.5 Å². The molecule has 1 fully saturated rings. The average Bonchev–Trinajstić information content (AvgIpc) is 2.86. The predicted molar refractivity (Wildman–Crippen MR) is 149 cm³/mol. The van der Waals surface area contributed by atoms with Gasteiger partial charge in [0.25, 0.3) is 0 Å². The number of nitrogens with two attached hydrogens (primary N) is 2. The molecule has 198 valence electrons. The number of methoxy groups -OCH3 is 1. The number of nitrogens with one attached hydrogen (secondary N) is 1. The third kappa shape index (κ3) is 5.61. The zero-order valence-electron chi connectivity index (χ0n) is 21.3. The topological polar surface area (TPSA) is 150 Å². The summed E-state index contributed by atoms with van der Waals surface area (Å²) >= 11 is 12.4. The number of ether oxygens (including phenoxy) is 2. The molecule has 0 spiro atoms. The van der Waals surface area contributed by atoms with E-state index in [0.29, 0.717) is 68.4 Å². The summed E-state index contributed by atoms with van der Waals surface area (Å²) in [5.41, 5.74) is 14.5. The van der Waals surface area contributed by atoms with Crippen LogP contribution in [0.15, 0.2) is 36.8 Å². The average molecular weight is 555 g/mol. The maximum Gasteiger partial charge on any atom is 0.162 e. The standard InChI is InChI=1S/C26H28Cl2N8O2/c1-35(2)12-26(32)13-36(14-26)25-15(7-29)4-16(8-34-25)24(31)17-5-23(22(37-3)6-21(17)30)38-11-18-19(27)9-33-10-20(18)28/h4-6,8-10,31H,11-14,30,32H2,1-3H3. The maximum atomic E-state index is 9.82. The van der Waals surface area contributed by atoms with E-state index in [4.69, 9.17) is 49.6 Å². The largest absolute Gasteiger partial charge is 0.493 e. The molecular formula is C26H28Cl2N8O2. The Morgan fingerprint density at radius 1 is 1.18 bits per heavy atom. The highest BCUT2D eigenvalue weighted by molar-refractivity contribution is 6.35. The summed E-state index contributed by atoms with van der Waals surface area (Å²) < 4.78 is 11.4. The lowest BCUT2D eigenvalue weighted by Gasteiger charge is -2.49. The van der Waals surface area contributed by atoms with Gasteiger partial charge in [-0.25, -0.2) is 4.98 Å². The second-order valence-corrected chi connectivity index (χ2v) is 10.3. The molecule has 0 bridgehead atoms. The fourth-order valence-corrected chi connectivity index (χ4v) is 4.94. The number of hydrogen-bond donors (Lipinski definition) is 3. The number of nitriles is 1. The number of pyridine rings is 2. The summed E-state index contributed by atoms with van der Waals surface area (Å²) in [5, 5.41) is 19.4. The van der Waals surface area contributed by atoms with Crippen molar-refractivity contribution in [1.29, 1.82) is 10.7 Å². The Morgan fingerprint density at radius 2 is 1.87 bits per heavy atom. The lowest BCUT2D eigenvalue weighted by atomic mass is 9.90. The predicted octanol–water partition coefficient (Wildman–Crippen LogP) is 3.32. The lowest BCUT2D eigenvalue weighted by molar-refractivity contribution is 0.237. The zero-order valence-corrected chi connectivity index (χ0v) is 22.8. The molecule has 1 aliphatic rings. The van der Waals surface area contributed by atoms with Gasteiger partial charge in [0.05, 0.1) is 34.0 Å². The van der Waals surface area contributed by atoms with Crippen LogP contribution in [0.4, 0.5) is 11.5 Å². The Morgan fingerprint density at radius 3 is 2.47 bits per heavy atom. The van der Waals surface area contributed by atoms with Crippen LogP contribution < -0.4 is 25.8 Å². The fourth-order valence-electron chi connectivity index (χ4n) is 4.47. The van der Waals surface area contributed by atoms with Crippen LogP contribution >= 0.6 is 23.2 Å². The Bertz CT molecular complexity index is 1400. The van der Waals surface area contributed by atoms with Crippen molar-refractivity contribution in [2.24, 2.45) is 5.73 Å². The first-order chi connectivity index (χ1) is 18.0. The number of hydrogen-bond acceptors (Lipinski definition) is 10. The molecule has 10 nitrogen and oxygen atoms in total. The second-order valence-electron chi connectivity index (χ2n) is 9.50. The summed E-state index contributed by atoms with van der Waals surface area (Å²) in [6.45, 7) is 1.95. The lowest BCUT2D eigenvalue weighted by Crippen LogP contribution is -2.71. The van der Waals surface area contributed by atoms with E-state index >= 15 is 0 Å². The highest BCUT2D eigenvalue weighted by Gasteiger charge is 2.41.